The Morgan fingerprint density at radius 2 is 2.22 bits per heavy atom. The van der Waals surface area contributed by atoms with Gasteiger partial charge in [-0.2, -0.15) is 0 Å². The molecule has 1 aliphatic heterocycles. The van der Waals surface area contributed by atoms with Crippen molar-refractivity contribution in [3.05, 3.63) is 32.8 Å². The first-order chi connectivity index (χ1) is 8.56. The van der Waals surface area contributed by atoms with E-state index in [-0.39, 0.29) is 19.0 Å². The van der Waals surface area contributed by atoms with Crippen LogP contribution in [0, 0.1) is 0 Å². The van der Waals surface area contributed by atoms with Gasteiger partial charge in [0.15, 0.2) is 0 Å². The quantitative estimate of drug-likeness (QED) is 0.672. The van der Waals surface area contributed by atoms with Crippen LogP contribution in [0.3, 0.4) is 0 Å². The second-order valence-electron chi connectivity index (χ2n) is 4.37. The monoisotopic (exact) mass is 253 g/mol. The van der Waals surface area contributed by atoms with Crippen molar-refractivity contribution in [3.63, 3.8) is 0 Å². The second-order valence-corrected chi connectivity index (χ2v) is 4.37. The van der Waals surface area contributed by atoms with Gasteiger partial charge in [0.25, 0.3) is 11.1 Å². The predicted octanol–water partition coefficient (Wildman–Crippen LogP) is -1.48. The zero-order valence-electron chi connectivity index (χ0n) is 9.83. The van der Waals surface area contributed by atoms with E-state index < -0.39 is 17.2 Å². The van der Waals surface area contributed by atoms with Gasteiger partial charge in [-0.25, -0.2) is 4.68 Å². The summed E-state index contributed by atoms with van der Waals surface area (Å²) in [6, 6.07) is 2.24. The molecule has 1 aromatic rings. The van der Waals surface area contributed by atoms with Crippen molar-refractivity contribution in [2.24, 2.45) is 0 Å². The number of rotatable bonds is 2. The second kappa shape index (κ2) is 5.18. The van der Waals surface area contributed by atoms with Crippen LogP contribution in [0.5, 0.6) is 0 Å². The van der Waals surface area contributed by atoms with Crippen molar-refractivity contribution in [1.29, 1.82) is 0 Å². The maximum Gasteiger partial charge on any atom is 0.265 e. The molecule has 7 heteroatoms. The molecule has 1 atom stereocenters. The molecule has 0 radical (unpaired) electrons. The number of likely N-dealkylation sites (tertiary alicyclic amines) is 1. The van der Waals surface area contributed by atoms with Gasteiger partial charge >= 0.3 is 0 Å². The molecule has 0 spiro atoms. The van der Waals surface area contributed by atoms with Crippen LogP contribution in [0.2, 0.25) is 0 Å². The third kappa shape index (κ3) is 2.86. The van der Waals surface area contributed by atoms with E-state index in [1.165, 1.54) is 4.90 Å². The van der Waals surface area contributed by atoms with E-state index in [2.05, 4.69) is 5.10 Å². The molecule has 2 N–H and O–H groups in total. The highest BCUT2D eigenvalue weighted by atomic mass is 16.3. The molecule has 2 heterocycles. The number of β-amino-alcohol motifs (C(OH)–C–C–N with tert-alkyl or cyclic N) is 1. The Hall–Kier alpha value is -1.89. The van der Waals surface area contributed by atoms with Crippen LogP contribution in [-0.4, -0.2) is 44.9 Å². The Bertz CT molecular complexity index is 548. The molecule has 0 unspecified atom stereocenters. The van der Waals surface area contributed by atoms with Gasteiger partial charge in [0.05, 0.1) is 6.10 Å². The molecular weight excluding hydrogens is 238 g/mol. The fraction of sp³-hybridized carbons (Fsp3) is 0.545. The molecule has 1 aromatic heterocycles. The van der Waals surface area contributed by atoms with Crippen LogP contribution in [0.15, 0.2) is 21.7 Å². The van der Waals surface area contributed by atoms with Crippen molar-refractivity contribution < 1.29 is 9.90 Å². The third-order valence-corrected chi connectivity index (χ3v) is 2.93. The number of hydrogen-bond donors (Lipinski definition) is 2. The molecule has 0 saturated carbocycles. The van der Waals surface area contributed by atoms with Gasteiger partial charge in [0.1, 0.15) is 6.54 Å². The fourth-order valence-electron chi connectivity index (χ4n) is 2.00. The Morgan fingerprint density at radius 3 is 2.94 bits per heavy atom. The molecule has 7 nitrogen and oxygen atoms in total. The lowest BCUT2D eigenvalue weighted by Gasteiger charge is -2.30. The molecule has 1 aliphatic rings. The molecule has 1 amide bonds. The van der Waals surface area contributed by atoms with Crippen LogP contribution in [0.25, 0.3) is 0 Å². The van der Waals surface area contributed by atoms with Crippen LogP contribution < -0.4 is 11.1 Å². The van der Waals surface area contributed by atoms with Gasteiger partial charge in [-0.15, -0.1) is 0 Å². The number of nitrogens with zero attached hydrogens (tertiary/aromatic N) is 2. The van der Waals surface area contributed by atoms with Gasteiger partial charge in [0, 0.05) is 25.2 Å². The largest absolute Gasteiger partial charge is 0.391 e. The minimum atomic E-state index is -0.505. The maximum atomic E-state index is 11.9. The number of aliphatic hydroxyl groups excluding tert-OH is 1. The number of carbonyl (C=O) groups is 1. The number of aromatic amines is 1. The lowest BCUT2D eigenvalue weighted by molar-refractivity contribution is -0.135. The highest BCUT2D eigenvalue weighted by Crippen LogP contribution is 2.09. The van der Waals surface area contributed by atoms with Crippen LogP contribution in [-0.2, 0) is 11.3 Å². The number of amides is 1. The SMILES string of the molecule is O=C(Cn1[nH]c(=O)ccc1=O)N1CCC[C@H](O)C1. The number of nitrogens with one attached hydrogen (secondary N) is 1. The summed E-state index contributed by atoms with van der Waals surface area (Å²) in [6.07, 6.45) is 0.924. The summed E-state index contributed by atoms with van der Waals surface area (Å²) in [5.74, 6) is -0.280. The van der Waals surface area contributed by atoms with E-state index in [1.807, 2.05) is 0 Å². The van der Waals surface area contributed by atoms with E-state index in [9.17, 15) is 19.5 Å². The zero-order valence-corrected chi connectivity index (χ0v) is 9.83. The Balaban J connectivity index is 2.09. The maximum absolute atomic E-state index is 11.9. The minimum Gasteiger partial charge on any atom is -0.391 e. The third-order valence-electron chi connectivity index (χ3n) is 2.93. The molecule has 98 valence electrons. The van der Waals surface area contributed by atoms with E-state index in [4.69, 9.17) is 0 Å². The summed E-state index contributed by atoms with van der Waals surface area (Å²) in [5, 5.41) is 11.8. The van der Waals surface area contributed by atoms with Crippen LogP contribution in [0.4, 0.5) is 0 Å². The number of H-pyrrole nitrogens is 1. The molecule has 1 fully saturated rings. The predicted molar refractivity (Wildman–Crippen MR) is 63.1 cm³/mol. The van der Waals surface area contributed by atoms with Crippen molar-refractivity contribution in [2.75, 3.05) is 13.1 Å². The minimum absolute atomic E-state index is 0.207. The van der Waals surface area contributed by atoms with E-state index in [0.717, 1.165) is 23.2 Å². The topological polar surface area (TPSA) is 95.4 Å². The Labute approximate surface area is 103 Å². The average molecular weight is 253 g/mol. The van der Waals surface area contributed by atoms with Gasteiger partial charge in [-0.05, 0) is 12.8 Å². The van der Waals surface area contributed by atoms with Crippen molar-refractivity contribution in [3.8, 4) is 0 Å². The van der Waals surface area contributed by atoms with Gasteiger partial charge in [-0.3, -0.25) is 19.5 Å². The summed E-state index contributed by atoms with van der Waals surface area (Å²) in [4.78, 5) is 35.9. The summed E-state index contributed by atoms with van der Waals surface area (Å²) >= 11 is 0. The fourth-order valence-corrected chi connectivity index (χ4v) is 2.00. The smallest absolute Gasteiger partial charge is 0.265 e. The first-order valence-corrected chi connectivity index (χ1v) is 5.82. The lowest BCUT2D eigenvalue weighted by Crippen LogP contribution is -2.45. The summed E-state index contributed by atoms with van der Waals surface area (Å²) in [7, 11) is 0. The van der Waals surface area contributed by atoms with Gasteiger partial charge in [0.2, 0.25) is 5.91 Å². The van der Waals surface area contributed by atoms with E-state index in [0.29, 0.717) is 13.0 Å². The summed E-state index contributed by atoms with van der Waals surface area (Å²) < 4.78 is 0.978. The number of carbonyl (C=O) groups excluding carboxylic acids is 1. The number of aromatic nitrogens is 2. The zero-order chi connectivity index (χ0) is 13.1. The molecule has 18 heavy (non-hydrogen) atoms. The molecular formula is C11H15N3O4. The van der Waals surface area contributed by atoms with Gasteiger partial charge < -0.3 is 10.0 Å². The average Bonchev–Trinajstić information content (AvgIpc) is 2.34. The van der Waals surface area contributed by atoms with E-state index >= 15 is 0 Å². The van der Waals surface area contributed by atoms with Crippen LogP contribution in [0.1, 0.15) is 12.8 Å². The van der Waals surface area contributed by atoms with Crippen LogP contribution >= 0.6 is 0 Å². The molecule has 0 aromatic carbocycles. The van der Waals surface area contributed by atoms with Crippen molar-refractivity contribution in [2.45, 2.75) is 25.5 Å². The molecule has 2 rings (SSSR count). The standard InChI is InChI=1S/C11H15N3O4/c15-8-2-1-5-13(6-8)11(18)7-14-10(17)4-3-9(16)12-14/h3-4,8,15H,1-2,5-7H2,(H,12,16)/t8-/m0/s1. The Morgan fingerprint density at radius 1 is 1.44 bits per heavy atom. The number of aliphatic hydroxyl groups is 1. The first-order valence-electron chi connectivity index (χ1n) is 5.82. The highest BCUT2D eigenvalue weighted by molar-refractivity contribution is 5.76. The highest BCUT2D eigenvalue weighted by Gasteiger charge is 2.22. The number of piperidine rings is 1. The lowest BCUT2D eigenvalue weighted by atomic mass is 10.1. The van der Waals surface area contributed by atoms with Crippen molar-refractivity contribution >= 4 is 5.91 Å². The summed E-state index contributed by atoms with van der Waals surface area (Å²) in [6.45, 7) is 0.647. The first kappa shape index (κ1) is 12.6. The van der Waals surface area contributed by atoms with Gasteiger partial charge in [-0.1, -0.05) is 0 Å². The molecule has 1 saturated heterocycles. The number of hydrogen-bond acceptors (Lipinski definition) is 4. The van der Waals surface area contributed by atoms with E-state index in [1.54, 1.807) is 0 Å². The van der Waals surface area contributed by atoms with Crippen molar-refractivity contribution in [1.82, 2.24) is 14.7 Å². The Kier molecular flexibility index (Phi) is 3.61. The normalized spacial score (nSPS) is 19.8. The molecule has 0 aliphatic carbocycles. The molecule has 0 bridgehead atoms. The summed E-state index contributed by atoms with van der Waals surface area (Å²) in [5.41, 5.74) is -0.860.